The molecule has 0 unspecified atom stereocenters. The van der Waals surface area contributed by atoms with Crippen LogP contribution in [0, 0.1) is 0 Å². The van der Waals surface area contributed by atoms with Crippen LogP contribution in [0.15, 0.2) is 53.0 Å². The zero-order valence-corrected chi connectivity index (χ0v) is 12.5. The molecule has 0 aliphatic rings. The Morgan fingerprint density at radius 2 is 1.90 bits per heavy atom. The fourth-order valence-corrected chi connectivity index (χ4v) is 2.40. The van der Waals surface area contributed by atoms with Gasteiger partial charge < -0.3 is 9.84 Å². The number of aryl methyl sites for hydroxylation is 1. The molecule has 0 aliphatic heterocycles. The Morgan fingerprint density at radius 3 is 2.55 bits per heavy atom. The van der Waals surface area contributed by atoms with Gasteiger partial charge in [-0.3, -0.25) is 0 Å². The van der Waals surface area contributed by atoms with Gasteiger partial charge >= 0.3 is 5.97 Å². The molecule has 3 nitrogen and oxygen atoms in total. The van der Waals surface area contributed by atoms with Crippen LogP contribution in [0.1, 0.15) is 22.3 Å². The Balaban J connectivity index is 1.83. The van der Waals surface area contributed by atoms with Crippen molar-refractivity contribution in [3.8, 4) is 5.75 Å². The molecule has 0 aliphatic carbocycles. The van der Waals surface area contributed by atoms with Crippen LogP contribution in [0.25, 0.3) is 0 Å². The van der Waals surface area contributed by atoms with Gasteiger partial charge in [0.05, 0.1) is 12.2 Å². The maximum Gasteiger partial charge on any atom is 0.336 e. The molecule has 20 heavy (non-hydrogen) atoms. The molecule has 2 rings (SSSR count). The molecular formula is C16H15BrO3. The Hall–Kier alpha value is -1.81. The number of hydrogen-bond donors (Lipinski definition) is 1. The first kappa shape index (κ1) is 14.6. The zero-order valence-electron chi connectivity index (χ0n) is 10.9. The third-order valence-corrected chi connectivity index (χ3v) is 3.55. The lowest BCUT2D eigenvalue weighted by Gasteiger charge is -2.08. The second-order valence-corrected chi connectivity index (χ2v) is 5.24. The molecule has 0 heterocycles. The lowest BCUT2D eigenvalue weighted by Crippen LogP contribution is -2.01. The summed E-state index contributed by atoms with van der Waals surface area (Å²) in [5.74, 6) is -0.276. The van der Waals surface area contributed by atoms with E-state index in [2.05, 4.69) is 28.1 Å². The molecular weight excluding hydrogens is 320 g/mol. The smallest absolute Gasteiger partial charge is 0.336 e. The summed E-state index contributed by atoms with van der Waals surface area (Å²) in [6.45, 7) is 0.605. The van der Waals surface area contributed by atoms with Crippen LogP contribution in [0.5, 0.6) is 5.75 Å². The summed E-state index contributed by atoms with van der Waals surface area (Å²) in [6.07, 6.45) is 1.89. The van der Waals surface area contributed by atoms with E-state index in [0.29, 0.717) is 16.8 Å². The average Bonchev–Trinajstić information content (AvgIpc) is 2.44. The summed E-state index contributed by atoms with van der Waals surface area (Å²) in [5, 5.41) is 8.93. The van der Waals surface area contributed by atoms with Gasteiger partial charge in [-0.05, 0) is 52.5 Å². The van der Waals surface area contributed by atoms with Crippen molar-refractivity contribution in [3.05, 3.63) is 64.1 Å². The quantitative estimate of drug-likeness (QED) is 0.807. The number of benzene rings is 2. The topological polar surface area (TPSA) is 46.5 Å². The number of halogens is 1. The molecule has 0 amide bonds. The largest absolute Gasteiger partial charge is 0.494 e. The minimum atomic E-state index is -0.951. The van der Waals surface area contributed by atoms with Crippen LogP contribution in [0.2, 0.25) is 0 Å². The van der Waals surface area contributed by atoms with Crippen molar-refractivity contribution in [3.63, 3.8) is 0 Å². The second-order valence-electron chi connectivity index (χ2n) is 4.38. The number of ether oxygens (including phenoxy) is 1. The van der Waals surface area contributed by atoms with E-state index < -0.39 is 5.97 Å². The molecule has 2 aromatic rings. The van der Waals surface area contributed by atoms with Crippen molar-refractivity contribution in [1.82, 2.24) is 0 Å². The highest BCUT2D eigenvalue weighted by Crippen LogP contribution is 2.23. The summed E-state index contributed by atoms with van der Waals surface area (Å²) in [6, 6.07) is 15.1. The second kappa shape index (κ2) is 7.10. The molecule has 4 heteroatoms. The predicted molar refractivity (Wildman–Crippen MR) is 81.4 cm³/mol. The molecule has 104 valence electrons. The summed E-state index contributed by atoms with van der Waals surface area (Å²) in [7, 11) is 0. The third kappa shape index (κ3) is 4.10. The van der Waals surface area contributed by atoms with Crippen LogP contribution in [0.3, 0.4) is 0 Å². The molecule has 1 N–H and O–H groups in total. The number of rotatable bonds is 6. The normalized spacial score (nSPS) is 10.2. The number of hydrogen-bond acceptors (Lipinski definition) is 2. The Morgan fingerprint density at radius 1 is 1.15 bits per heavy atom. The number of carbonyl (C=O) groups is 1. The molecule has 0 bridgehead atoms. The van der Waals surface area contributed by atoms with E-state index in [1.807, 2.05) is 18.2 Å². The standard InChI is InChI=1S/C16H15BrO3/c17-15-11-13(8-9-14(15)16(18)19)20-10-4-7-12-5-2-1-3-6-12/h1-3,5-6,8-9,11H,4,7,10H2,(H,18,19). The molecule has 0 atom stereocenters. The van der Waals surface area contributed by atoms with E-state index in [1.54, 1.807) is 18.2 Å². The number of carboxylic acids is 1. The average molecular weight is 335 g/mol. The van der Waals surface area contributed by atoms with E-state index in [0.717, 1.165) is 12.8 Å². The van der Waals surface area contributed by atoms with Gasteiger partial charge in [-0.2, -0.15) is 0 Å². The Bertz CT molecular complexity index is 582. The molecule has 0 saturated heterocycles. The van der Waals surface area contributed by atoms with E-state index in [4.69, 9.17) is 9.84 Å². The van der Waals surface area contributed by atoms with E-state index in [1.165, 1.54) is 5.56 Å². The van der Waals surface area contributed by atoms with Gasteiger partial charge in [0.15, 0.2) is 0 Å². The fraction of sp³-hybridized carbons (Fsp3) is 0.188. The molecule has 0 saturated carbocycles. The van der Waals surface area contributed by atoms with E-state index >= 15 is 0 Å². The van der Waals surface area contributed by atoms with Gasteiger partial charge in [-0.1, -0.05) is 30.3 Å². The van der Waals surface area contributed by atoms with Crippen molar-refractivity contribution in [1.29, 1.82) is 0 Å². The maximum absolute atomic E-state index is 10.9. The first-order chi connectivity index (χ1) is 9.66. The summed E-state index contributed by atoms with van der Waals surface area (Å²) < 4.78 is 6.15. The lowest BCUT2D eigenvalue weighted by molar-refractivity contribution is 0.0696. The molecule has 0 radical (unpaired) electrons. The summed E-state index contributed by atoms with van der Waals surface area (Å²) in [5.41, 5.74) is 1.53. The van der Waals surface area contributed by atoms with Gasteiger partial charge in [-0.15, -0.1) is 0 Å². The van der Waals surface area contributed by atoms with Crippen molar-refractivity contribution in [2.75, 3.05) is 6.61 Å². The molecule has 0 spiro atoms. The van der Waals surface area contributed by atoms with Crippen molar-refractivity contribution >= 4 is 21.9 Å². The minimum absolute atomic E-state index is 0.238. The number of carboxylic acid groups (broad SMARTS) is 1. The van der Waals surface area contributed by atoms with Crippen LogP contribution in [0.4, 0.5) is 0 Å². The van der Waals surface area contributed by atoms with Gasteiger partial charge in [0.25, 0.3) is 0 Å². The Kier molecular flexibility index (Phi) is 5.18. The molecule has 0 fully saturated rings. The SMILES string of the molecule is O=C(O)c1ccc(OCCCc2ccccc2)cc1Br. The lowest BCUT2D eigenvalue weighted by atomic mass is 10.1. The fourth-order valence-electron chi connectivity index (χ4n) is 1.87. The van der Waals surface area contributed by atoms with Crippen molar-refractivity contribution < 1.29 is 14.6 Å². The van der Waals surface area contributed by atoms with Crippen LogP contribution < -0.4 is 4.74 Å². The van der Waals surface area contributed by atoms with Crippen LogP contribution >= 0.6 is 15.9 Å². The highest BCUT2D eigenvalue weighted by Gasteiger charge is 2.08. The predicted octanol–water partition coefficient (Wildman–Crippen LogP) is 4.16. The molecule has 0 aromatic heterocycles. The van der Waals surface area contributed by atoms with Gasteiger partial charge in [-0.25, -0.2) is 4.79 Å². The highest BCUT2D eigenvalue weighted by atomic mass is 79.9. The number of aromatic carboxylic acids is 1. The third-order valence-electron chi connectivity index (χ3n) is 2.89. The summed E-state index contributed by atoms with van der Waals surface area (Å²) in [4.78, 5) is 10.9. The van der Waals surface area contributed by atoms with Crippen molar-refractivity contribution in [2.24, 2.45) is 0 Å². The van der Waals surface area contributed by atoms with Gasteiger partial charge in [0, 0.05) is 4.47 Å². The monoisotopic (exact) mass is 334 g/mol. The van der Waals surface area contributed by atoms with E-state index in [9.17, 15) is 4.79 Å². The van der Waals surface area contributed by atoms with Crippen LogP contribution in [-0.4, -0.2) is 17.7 Å². The van der Waals surface area contributed by atoms with Gasteiger partial charge in [0.1, 0.15) is 5.75 Å². The minimum Gasteiger partial charge on any atom is -0.494 e. The zero-order chi connectivity index (χ0) is 14.4. The summed E-state index contributed by atoms with van der Waals surface area (Å²) >= 11 is 3.23. The molecule has 2 aromatic carbocycles. The van der Waals surface area contributed by atoms with Gasteiger partial charge in [0.2, 0.25) is 0 Å². The first-order valence-corrected chi connectivity index (χ1v) is 7.15. The first-order valence-electron chi connectivity index (χ1n) is 6.36. The maximum atomic E-state index is 10.9. The Labute approximate surface area is 126 Å². The highest BCUT2D eigenvalue weighted by molar-refractivity contribution is 9.10. The van der Waals surface area contributed by atoms with Crippen LogP contribution in [-0.2, 0) is 6.42 Å². The van der Waals surface area contributed by atoms with E-state index in [-0.39, 0.29) is 5.56 Å². The van der Waals surface area contributed by atoms with Crippen molar-refractivity contribution in [2.45, 2.75) is 12.8 Å².